The van der Waals surface area contributed by atoms with Crippen molar-refractivity contribution in [3.05, 3.63) is 35.4 Å². The van der Waals surface area contributed by atoms with Crippen LogP contribution in [0.3, 0.4) is 0 Å². The first kappa shape index (κ1) is 17.7. The first-order valence-corrected chi connectivity index (χ1v) is 7.71. The van der Waals surface area contributed by atoms with E-state index < -0.39 is 0 Å². The molecule has 0 bridgehead atoms. The predicted molar refractivity (Wildman–Crippen MR) is 89.6 cm³/mol. The molecule has 0 unspecified atom stereocenters. The third-order valence-electron chi connectivity index (χ3n) is 3.81. The molecule has 0 aromatic heterocycles. The van der Waals surface area contributed by atoms with E-state index in [2.05, 4.69) is 40.7 Å². The summed E-state index contributed by atoms with van der Waals surface area (Å²) in [5, 5.41) is 0. The molecule has 1 aromatic carbocycles. The average molecular weight is 290 g/mol. The maximum atomic E-state index is 12.9. The van der Waals surface area contributed by atoms with Crippen LogP contribution in [-0.2, 0) is 5.41 Å². The van der Waals surface area contributed by atoms with Crippen molar-refractivity contribution in [3.8, 4) is 0 Å². The predicted octanol–water partition coefficient (Wildman–Crippen LogP) is 3.43. The summed E-state index contributed by atoms with van der Waals surface area (Å²) >= 11 is 0. The van der Waals surface area contributed by atoms with Gasteiger partial charge >= 0.3 is 0 Å². The van der Waals surface area contributed by atoms with E-state index in [1.807, 2.05) is 30.0 Å². The number of nitrogens with two attached hydrogens (primary N) is 1. The zero-order chi connectivity index (χ0) is 16.3. The quantitative estimate of drug-likeness (QED) is 0.903. The molecule has 0 heterocycles. The Balaban J connectivity index is 3.12. The summed E-state index contributed by atoms with van der Waals surface area (Å²) in [7, 11) is 0. The maximum Gasteiger partial charge on any atom is 0.254 e. The number of carbonyl (C=O) groups excluding carboxylic acids is 1. The van der Waals surface area contributed by atoms with Crippen molar-refractivity contribution in [1.82, 2.24) is 4.90 Å². The monoisotopic (exact) mass is 290 g/mol. The molecule has 3 heteroatoms. The number of amides is 1. The van der Waals surface area contributed by atoms with Gasteiger partial charge in [-0.05, 0) is 35.9 Å². The van der Waals surface area contributed by atoms with Gasteiger partial charge in [0.1, 0.15) is 0 Å². The fourth-order valence-corrected chi connectivity index (χ4v) is 2.40. The second kappa shape index (κ2) is 6.61. The van der Waals surface area contributed by atoms with Gasteiger partial charge in [0.05, 0.1) is 0 Å². The van der Waals surface area contributed by atoms with E-state index in [0.29, 0.717) is 19.6 Å². The molecule has 1 rings (SSSR count). The molecule has 0 atom stereocenters. The highest BCUT2D eigenvalue weighted by Crippen LogP contribution is 2.27. The summed E-state index contributed by atoms with van der Waals surface area (Å²) < 4.78 is 0. The Kier molecular flexibility index (Phi) is 5.57. The summed E-state index contributed by atoms with van der Waals surface area (Å²) in [5.74, 6) is 0.101. The van der Waals surface area contributed by atoms with Crippen molar-refractivity contribution in [1.29, 1.82) is 0 Å². The van der Waals surface area contributed by atoms with Gasteiger partial charge in [-0.25, -0.2) is 0 Å². The molecule has 0 saturated carbocycles. The first-order chi connectivity index (χ1) is 9.62. The van der Waals surface area contributed by atoms with Crippen molar-refractivity contribution in [2.45, 2.75) is 47.0 Å². The van der Waals surface area contributed by atoms with E-state index >= 15 is 0 Å². The van der Waals surface area contributed by atoms with Gasteiger partial charge in [0.25, 0.3) is 5.91 Å². The molecular weight excluding hydrogens is 260 g/mol. The van der Waals surface area contributed by atoms with Gasteiger partial charge in [-0.3, -0.25) is 4.79 Å². The SMILES string of the molecule is CCN(CC(C)(C)CN)C(=O)c1ccccc1C(C)(C)C. The van der Waals surface area contributed by atoms with E-state index in [0.717, 1.165) is 11.1 Å². The van der Waals surface area contributed by atoms with Gasteiger partial charge in [0.2, 0.25) is 0 Å². The fourth-order valence-electron chi connectivity index (χ4n) is 2.40. The Bertz CT molecular complexity index is 486. The normalized spacial score (nSPS) is 12.3. The van der Waals surface area contributed by atoms with Crippen LogP contribution in [0.15, 0.2) is 24.3 Å². The number of benzene rings is 1. The van der Waals surface area contributed by atoms with Crippen LogP contribution < -0.4 is 5.73 Å². The van der Waals surface area contributed by atoms with Crippen LogP contribution in [0.1, 0.15) is 57.5 Å². The van der Waals surface area contributed by atoms with Gasteiger partial charge in [-0.2, -0.15) is 0 Å². The number of hydrogen-bond donors (Lipinski definition) is 1. The average Bonchev–Trinajstić information content (AvgIpc) is 2.43. The molecule has 1 amide bonds. The Labute approximate surface area is 129 Å². The van der Waals surface area contributed by atoms with Gasteiger partial charge in [-0.15, -0.1) is 0 Å². The standard InChI is InChI=1S/C18H30N2O/c1-7-20(13-18(5,6)12-19)16(21)14-10-8-9-11-15(14)17(2,3)4/h8-11H,7,12-13,19H2,1-6H3. The maximum absolute atomic E-state index is 12.9. The lowest BCUT2D eigenvalue weighted by Gasteiger charge is -2.32. The summed E-state index contributed by atoms with van der Waals surface area (Å²) in [4.78, 5) is 14.8. The van der Waals surface area contributed by atoms with Crippen LogP contribution in [0.5, 0.6) is 0 Å². The minimum atomic E-state index is -0.0671. The first-order valence-electron chi connectivity index (χ1n) is 7.71. The minimum absolute atomic E-state index is 0.0466. The molecule has 0 aliphatic rings. The zero-order valence-electron chi connectivity index (χ0n) is 14.4. The highest BCUT2D eigenvalue weighted by molar-refractivity contribution is 5.96. The molecule has 21 heavy (non-hydrogen) atoms. The minimum Gasteiger partial charge on any atom is -0.338 e. The highest BCUT2D eigenvalue weighted by atomic mass is 16.2. The van der Waals surface area contributed by atoms with E-state index in [-0.39, 0.29) is 16.7 Å². The fraction of sp³-hybridized carbons (Fsp3) is 0.611. The number of carbonyl (C=O) groups is 1. The topological polar surface area (TPSA) is 46.3 Å². The van der Waals surface area contributed by atoms with Gasteiger partial charge in [0, 0.05) is 18.7 Å². The smallest absolute Gasteiger partial charge is 0.254 e. The molecule has 1 aromatic rings. The number of hydrogen-bond acceptors (Lipinski definition) is 2. The molecule has 118 valence electrons. The van der Waals surface area contributed by atoms with E-state index in [1.54, 1.807) is 0 Å². The third kappa shape index (κ3) is 4.57. The van der Waals surface area contributed by atoms with Gasteiger partial charge < -0.3 is 10.6 Å². The summed E-state index contributed by atoms with van der Waals surface area (Å²) in [6.07, 6.45) is 0. The molecule has 0 saturated heterocycles. The molecule has 0 spiro atoms. The van der Waals surface area contributed by atoms with Crippen LogP contribution in [0.4, 0.5) is 0 Å². The van der Waals surface area contributed by atoms with Crippen LogP contribution in [-0.4, -0.2) is 30.4 Å². The molecule has 2 N–H and O–H groups in total. The molecule has 0 fully saturated rings. The van der Waals surface area contributed by atoms with Gasteiger partial charge in [0.15, 0.2) is 0 Å². The number of rotatable bonds is 5. The summed E-state index contributed by atoms with van der Waals surface area (Å²) in [6.45, 7) is 14.6. The van der Waals surface area contributed by atoms with Crippen molar-refractivity contribution in [3.63, 3.8) is 0 Å². The van der Waals surface area contributed by atoms with Crippen LogP contribution in [0, 0.1) is 5.41 Å². The molecule has 0 aliphatic heterocycles. The van der Waals surface area contributed by atoms with Crippen LogP contribution in [0.2, 0.25) is 0 Å². The number of nitrogens with zero attached hydrogens (tertiary/aromatic N) is 1. The van der Waals surface area contributed by atoms with Crippen molar-refractivity contribution < 1.29 is 4.79 Å². The lowest BCUT2D eigenvalue weighted by atomic mass is 9.83. The summed E-state index contributed by atoms with van der Waals surface area (Å²) in [6, 6.07) is 7.91. The Hall–Kier alpha value is -1.35. The second-order valence-corrected chi connectivity index (χ2v) is 7.48. The van der Waals surface area contributed by atoms with E-state index in [4.69, 9.17) is 5.73 Å². The second-order valence-electron chi connectivity index (χ2n) is 7.48. The summed E-state index contributed by atoms with van der Waals surface area (Å²) in [5.41, 5.74) is 7.60. The van der Waals surface area contributed by atoms with Crippen molar-refractivity contribution >= 4 is 5.91 Å². The van der Waals surface area contributed by atoms with Crippen molar-refractivity contribution in [2.75, 3.05) is 19.6 Å². The van der Waals surface area contributed by atoms with E-state index in [1.165, 1.54) is 0 Å². The lowest BCUT2D eigenvalue weighted by molar-refractivity contribution is 0.0698. The van der Waals surface area contributed by atoms with E-state index in [9.17, 15) is 4.79 Å². The molecular formula is C18H30N2O. The third-order valence-corrected chi connectivity index (χ3v) is 3.81. The zero-order valence-corrected chi connectivity index (χ0v) is 14.4. The molecule has 0 radical (unpaired) electrons. The molecule has 0 aliphatic carbocycles. The largest absolute Gasteiger partial charge is 0.338 e. The van der Waals surface area contributed by atoms with Crippen LogP contribution in [0.25, 0.3) is 0 Å². The Morgan fingerprint density at radius 1 is 1.14 bits per heavy atom. The molecule has 3 nitrogen and oxygen atoms in total. The Morgan fingerprint density at radius 3 is 2.19 bits per heavy atom. The lowest BCUT2D eigenvalue weighted by Crippen LogP contribution is -2.42. The van der Waals surface area contributed by atoms with Crippen molar-refractivity contribution in [2.24, 2.45) is 11.1 Å². The van der Waals surface area contributed by atoms with Crippen LogP contribution >= 0.6 is 0 Å². The highest BCUT2D eigenvalue weighted by Gasteiger charge is 2.27. The Morgan fingerprint density at radius 2 is 1.71 bits per heavy atom. The van der Waals surface area contributed by atoms with Gasteiger partial charge in [-0.1, -0.05) is 52.8 Å².